The van der Waals surface area contributed by atoms with Crippen LogP contribution in [0.3, 0.4) is 0 Å². The van der Waals surface area contributed by atoms with Crippen LogP contribution in [0.25, 0.3) is 6.08 Å². The molecule has 0 saturated carbocycles. The molecule has 4 nitrogen and oxygen atoms in total. The van der Waals surface area contributed by atoms with Gasteiger partial charge in [0.1, 0.15) is 0 Å². The quantitative estimate of drug-likeness (QED) is 0.919. The van der Waals surface area contributed by atoms with E-state index in [1.807, 2.05) is 13.0 Å². The molecule has 0 bridgehead atoms. The molecular formula is C14H21N3OS. The maximum Gasteiger partial charge on any atom is 0.240 e. The minimum Gasteiger partial charge on any atom is -0.345 e. The van der Waals surface area contributed by atoms with E-state index in [1.54, 1.807) is 0 Å². The van der Waals surface area contributed by atoms with Crippen LogP contribution in [-0.2, 0) is 0 Å². The zero-order valence-electron chi connectivity index (χ0n) is 11.8. The molecule has 104 valence electrons. The van der Waals surface area contributed by atoms with Crippen molar-refractivity contribution < 1.29 is 0 Å². The van der Waals surface area contributed by atoms with Crippen molar-refractivity contribution in [3.8, 4) is 0 Å². The number of nitrogens with one attached hydrogen (secondary N) is 1. The predicted octanol–water partition coefficient (Wildman–Crippen LogP) is 2.03. The van der Waals surface area contributed by atoms with E-state index in [-0.39, 0.29) is 4.74 Å². The molecule has 0 atom stereocenters. The number of hydrogen-bond donors (Lipinski definition) is 1. The zero-order chi connectivity index (χ0) is 13.8. The molecule has 5 heteroatoms. The van der Waals surface area contributed by atoms with Gasteiger partial charge in [0.2, 0.25) is 4.74 Å². The van der Waals surface area contributed by atoms with E-state index >= 15 is 0 Å². The average molecular weight is 279 g/mol. The van der Waals surface area contributed by atoms with E-state index in [9.17, 15) is 4.79 Å². The van der Waals surface area contributed by atoms with Crippen molar-refractivity contribution in [3.63, 3.8) is 0 Å². The van der Waals surface area contributed by atoms with Crippen LogP contribution in [0.4, 0.5) is 5.13 Å². The van der Waals surface area contributed by atoms with Gasteiger partial charge in [0.25, 0.3) is 0 Å². The predicted molar refractivity (Wildman–Crippen MR) is 82.1 cm³/mol. The van der Waals surface area contributed by atoms with Gasteiger partial charge in [0, 0.05) is 31.7 Å². The summed E-state index contributed by atoms with van der Waals surface area (Å²) in [5.74, 6) is 0. The summed E-state index contributed by atoms with van der Waals surface area (Å²) in [6.07, 6.45) is 3.02. The van der Waals surface area contributed by atoms with Gasteiger partial charge in [-0.2, -0.15) is 0 Å². The summed E-state index contributed by atoms with van der Waals surface area (Å²) < 4.78 is 0.124. The summed E-state index contributed by atoms with van der Waals surface area (Å²) in [5.41, 5.74) is 2.84. The summed E-state index contributed by atoms with van der Waals surface area (Å²) >= 11 is 1.26. The lowest BCUT2D eigenvalue weighted by atomic mass is 10.1. The molecule has 19 heavy (non-hydrogen) atoms. The third-order valence-electron chi connectivity index (χ3n) is 3.42. The molecule has 1 aliphatic heterocycles. The number of hydrogen-bond acceptors (Lipinski definition) is 5. The van der Waals surface area contributed by atoms with Crippen LogP contribution in [0.15, 0.2) is 10.4 Å². The Labute approximate surface area is 118 Å². The van der Waals surface area contributed by atoms with Gasteiger partial charge in [-0.15, -0.1) is 0 Å². The molecule has 0 aromatic carbocycles. The molecule has 0 aliphatic carbocycles. The van der Waals surface area contributed by atoms with Gasteiger partial charge in [-0.3, -0.25) is 4.79 Å². The minimum atomic E-state index is 0.124. The van der Waals surface area contributed by atoms with Crippen LogP contribution in [-0.4, -0.2) is 31.2 Å². The molecule has 0 spiro atoms. The highest BCUT2D eigenvalue weighted by molar-refractivity contribution is 7.13. The van der Waals surface area contributed by atoms with Crippen LogP contribution in [0.2, 0.25) is 0 Å². The Hall–Kier alpha value is -1.20. The average Bonchev–Trinajstić information content (AvgIpc) is 2.44. The first-order valence-electron chi connectivity index (χ1n) is 6.76. The normalized spacial score (nSPS) is 16.8. The fourth-order valence-electron chi connectivity index (χ4n) is 1.94. The lowest BCUT2D eigenvalue weighted by Crippen LogP contribution is -2.43. The second-order valence-corrected chi connectivity index (χ2v) is 5.82. The summed E-state index contributed by atoms with van der Waals surface area (Å²) in [4.78, 5) is 19.0. The van der Waals surface area contributed by atoms with Crippen molar-refractivity contribution >= 4 is 22.5 Å². The Morgan fingerprint density at radius 3 is 2.79 bits per heavy atom. The van der Waals surface area contributed by atoms with Gasteiger partial charge in [0.15, 0.2) is 5.13 Å². The number of aromatic nitrogens is 1. The summed E-state index contributed by atoms with van der Waals surface area (Å²) in [7, 11) is 0. The van der Waals surface area contributed by atoms with Crippen molar-refractivity contribution in [2.75, 3.05) is 31.1 Å². The number of anilines is 1. The lowest BCUT2D eigenvalue weighted by Gasteiger charge is -2.27. The Morgan fingerprint density at radius 2 is 2.16 bits per heavy atom. The molecular weight excluding hydrogens is 258 g/mol. The maximum atomic E-state index is 12.1. The SMILES string of the molecule is CC/C(C)=C\c1nc(N2CCNCC2)sc(=O)c1C. The first kappa shape index (κ1) is 14.2. The number of nitrogens with zero attached hydrogens (tertiary/aromatic N) is 2. The Kier molecular flexibility index (Phi) is 4.71. The third kappa shape index (κ3) is 3.42. The van der Waals surface area contributed by atoms with E-state index < -0.39 is 0 Å². The minimum absolute atomic E-state index is 0.124. The molecule has 1 aromatic rings. The molecule has 1 aliphatic rings. The second kappa shape index (κ2) is 6.30. The monoisotopic (exact) mass is 279 g/mol. The highest BCUT2D eigenvalue weighted by Gasteiger charge is 2.15. The van der Waals surface area contributed by atoms with Crippen LogP contribution < -0.4 is 15.0 Å². The fraction of sp³-hybridized carbons (Fsp3) is 0.571. The number of allylic oxidation sites excluding steroid dienone is 1. The van der Waals surface area contributed by atoms with Crippen LogP contribution in [0.1, 0.15) is 31.5 Å². The van der Waals surface area contributed by atoms with Gasteiger partial charge < -0.3 is 10.2 Å². The van der Waals surface area contributed by atoms with E-state index in [2.05, 4.69) is 29.0 Å². The van der Waals surface area contributed by atoms with Crippen molar-refractivity contribution in [1.82, 2.24) is 10.3 Å². The first-order valence-corrected chi connectivity index (χ1v) is 7.58. The number of piperazine rings is 1. The summed E-state index contributed by atoms with van der Waals surface area (Å²) in [6, 6.07) is 0. The van der Waals surface area contributed by atoms with Crippen molar-refractivity contribution in [1.29, 1.82) is 0 Å². The highest BCUT2D eigenvalue weighted by atomic mass is 32.1. The van der Waals surface area contributed by atoms with Gasteiger partial charge in [0.05, 0.1) is 5.69 Å². The number of rotatable bonds is 3. The Balaban J connectivity index is 2.38. The molecule has 1 aromatic heterocycles. The Bertz CT molecular complexity index is 530. The van der Waals surface area contributed by atoms with Crippen LogP contribution >= 0.6 is 11.3 Å². The largest absolute Gasteiger partial charge is 0.345 e. The van der Waals surface area contributed by atoms with Gasteiger partial charge in [-0.1, -0.05) is 23.8 Å². The second-order valence-electron chi connectivity index (χ2n) is 4.88. The van der Waals surface area contributed by atoms with E-state index in [0.717, 1.165) is 49.0 Å². The first-order chi connectivity index (χ1) is 9.11. The van der Waals surface area contributed by atoms with Crippen molar-refractivity contribution in [3.05, 3.63) is 26.4 Å². The zero-order valence-corrected chi connectivity index (χ0v) is 12.6. The standard InChI is InChI=1S/C14H21N3OS/c1-4-10(2)9-12-11(3)13(18)19-14(16-12)17-7-5-15-6-8-17/h9,15H,4-8H2,1-3H3/b10-9-. The van der Waals surface area contributed by atoms with Crippen LogP contribution in [0, 0.1) is 6.92 Å². The smallest absolute Gasteiger partial charge is 0.240 e. The summed E-state index contributed by atoms with van der Waals surface area (Å²) in [5, 5.41) is 4.17. The summed E-state index contributed by atoms with van der Waals surface area (Å²) in [6.45, 7) is 9.80. The molecule has 2 heterocycles. The van der Waals surface area contributed by atoms with Gasteiger partial charge in [-0.25, -0.2) is 4.98 Å². The molecule has 1 saturated heterocycles. The van der Waals surface area contributed by atoms with Crippen molar-refractivity contribution in [2.24, 2.45) is 0 Å². The van der Waals surface area contributed by atoms with E-state index in [1.165, 1.54) is 16.9 Å². The molecule has 1 N–H and O–H groups in total. The molecule has 0 amide bonds. The van der Waals surface area contributed by atoms with Crippen LogP contribution in [0.5, 0.6) is 0 Å². The molecule has 1 fully saturated rings. The van der Waals surface area contributed by atoms with E-state index in [0.29, 0.717) is 0 Å². The fourth-order valence-corrected chi connectivity index (χ4v) is 2.82. The van der Waals surface area contributed by atoms with Crippen molar-refractivity contribution in [2.45, 2.75) is 27.2 Å². The third-order valence-corrected chi connectivity index (χ3v) is 4.44. The molecule has 2 rings (SSSR count). The van der Waals surface area contributed by atoms with Gasteiger partial charge in [-0.05, 0) is 26.3 Å². The maximum absolute atomic E-state index is 12.1. The molecule has 0 unspecified atom stereocenters. The van der Waals surface area contributed by atoms with E-state index in [4.69, 9.17) is 0 Å². The Morgan fingerprint density at radius 1 is 1.47 bits per heavy atom. The highest BCUT2D eigenvalue weighted by Crippen LogP contribution is 2.19. The lowest BCUT2D eigenvalue weighted by molar-refractivity contribution is 0.588. The molecule has 0 radical (unpaired) electrons. The van der Waals surface area contributed by atoms with Gasteiger partial charge >= 0.3 is 0 Å². The topological polar surface area (TPSA) is 45.2 Å².